The summed E-state index contributed by atoms with van der Waals surface area (Å²) in [4.78, 5) is 2.96. The highest BCUT2D eigenvalue weighted by atomic mass is 35.5. The zero-order chi connectivity index (χ0) is 24.3. The van der Waals surface area contributed by atoms with Crippen LogP contribution in [0.2, 0.25) is 10.0 Å². The van der Waals surface area contributed by atoms with Gasteiger partial charge >= 0.3 is 0 Å². The first-order chi connectivity index (χ1) is 16.5. The first-order valence-corrected chi connectivity index (χ1v) is 13.2. The quantitative estimate of drug-likeness (QED) is 0.286. The van der Waals surface area contributed by atoms with Crippen LogP contribution in [0.15, 0.2) is 41.3 Å². The molecule has 0 radical (unpaired) electrons. The molecule has 2 atom stereocenters. The molecule has 3 N–H and O–H groups in total. The van der Waals surface area contributed by atoms with Crippen molar-refractivity contribution in [3.8, 4) is 0 Å². The maximum atomic E-state index is 12.8. The van der Waals surface area contributed by atoms with Gasteiger partial charge in [-0.25, -0.2) is 0 Å². The van der Waals surface area contributed by atoms with E-state index in [1.54, 1.807) is 6.07 Å². The predicted molar refractivity (Wildman–Crippen MR) is 137 cm³/mol. The first kappa shape index (κ1) is 27.7. The molecule has 0 aliphatic carbocycles. The Bertz CT molecular complexity index is 909. The molecule has 3 rings (SSSR count). The van der Waals surface area contributed by atoms with Gasteiger partial charge in [0.15, 0.2) is 4.90 Å². The van der Waals surface area contributed by atoms with Crippen LogP contribution in [0.25, 0.3) is 0 Å². The van der Waals surface area contributed by atoms with E-state index in [0.717, 1.165) is 34.7 Å². The Hall–Kier alpha value is -0.910. The van der Waals surface area contributed by atoms with Crippen molar-refractivity contribution < 1.29 is 18.8 Å². The fraction of sp³-hybridized carbons (Fsp3) is 0.500. The minimum absolute atomic E-state index is 0.103. The summed E-state index contributed by atoms with van der Waals surface area (Å²) in [6.07, 6.45) is 0. The lowest BCUT2D eigenvalue weighted by molar-refractivity contribution is 0.0171. The normalized spacial score (nSPS) is 17.0. The van der Waals surface area contributed by atoms with Crippen molar-refractivity contribution in [1.82, 2.24) is 9.62 Å². The highest BCUT2D eigenvalue weighted by Gasteiger charge is 2.28. The van der Waals surface area contributed by atoms with Crippen LogP contribution < -0.4 is 10.5 Å². The third-order valence-corrected chi connectivity index (χ3v) is 7.16. The molecule has 0 saturated heterocycles. The molecule has 1 heterocycles. The number of hydrogen-bond donors (Lipinski definition) is 2. The Morgan fingerprint density at radius 1 is 1.06 bits per heavy atom. The van der Waals surface area contributed by atoms with Crippen molar-refractivity contribution >= 4 is 34.6 Å². The van der Waals surface area contributed by atoms with Gasteiger partial charge in [-0.1, -0.05) is 35.3 Å². The Balaban J connectivity index is 1.48. The van der Waals surface area contributed by atoms with Crippen molar-refractivity contribution in [2.45, 2.75) is 17.4 Å². The van der Waals surface area contributed by atoms with Crippen molar-refractivity contribution in [3.05, 3.63) is 63.1 Å². The minimum Gasteiger partial charge on any atom is -0.593 e. The average Bonchev–Trinajstić information content (AvgIpc) is 2.82. The van der Waals surface area contributed by atoms with E-state index in [2.05, 4.69) is 22.7 Å². The number of nitrogens with two attached hydrogens (primary N) is 1. The maximum absolute atomic E-state index is 12.8. The van der Waals surface area contributed by atoms with Crippen LogP contribution in [0.5, 0.6) is 0 Å². The lowest BCUT2D eigenvalue weighted by atomic mass is 9.85. The van der Waals surface area contributed by atoms with Gasteiger partial charge < -0.3 is 29.4 Å². The van der Waals surface area contributed by atoms with Crippen molar-refractivity contribution in [1.29, 1.82) is 0 Å². The fourth-order valence-electron chi connectivity index (χ4n) is 3.89. The third kappa shape index (κ3) is 8.34. The summed E-state index contributed by atoms with van der Waals surface area (Å²) in [7, 11) is 2.07. The van der Waals surface area contributed by atoms with Gasteiger partial charge in [0, 0.05) is 35.6 Å². The standard InChI is InChI=1S/C24H33Cl2N3O4S/c1-29-16-22(21-14-19(25)15-24(26)23(21)17-29)18-3-2-4-20(13-18)34(30)28-6-8-32-10-12-33-11-9-31-7-5-27/h2-4,13-15,22,28H,5-12,16-17,27H2,1H3/t22-,34?/m0/s1. The second-order valence-electron chi connectivity index (χ2n) is 8.07. The molecular formula is C24H33Cl2N3O4S. The number of ether oxygens (including phenoxy) is 3. The van der Waals surface area contributed by atoms with Gasteiger partial charge in [0.2, 0.25) is 0 Å². The molecule has 34 heavy (non-hydrogen) atoms. The topological polar surface area (TPSA) is 92.0 Å². The molecule has 1 unspecified atom stereocenters. The van der Waals surface area contributed by atoms with E-state index in [1.807, 2.05) is 24.3 Å². The molecule has 7 nitrogen and oxygen atoms in total. The Morgan fingerprint density at radius 2 is 1.76 bits per heavy atom. The molecule has 2 aromatic carbocycles. The summed E-state index contributed by atoms with van der Waals surface area (Å²) >= 11 is 11.4. The fourth-order valence-corrected chi connectivity index (χ4v) is 5.34. The number of hydrogen-bond acceptors (Lipinski definition) is 7. The van der Waals surface area contributed by atoms with Gasteiger partial charge in [-0.05, 0) is 48.0 Å². The molecular weight excluding hydrogens is 497 g/mol. The minimum atomic E-state index is -1.34. The van der Waals surface area contributed by atoms with Crippen LogP contribution >= 0.6 is 23.2 Å². The smallest absolute Gasteiger partial charge is 0.174 e. The van der Waals surface area contributed by atoms with Crippen LogP contribution in [0, 0.1) is 0 Å². The highest BCUT2D eigenvalue weighted by Crippen LogP contribution is 2.38. The molecule has 0 aromatic heterocycles. The van der Waals surface area contributed by atoms with E-state index in [9.17, 15) is 4.55 Å². The second kappa shape index (κ2) is 14.6. The summed E-state index contributed by atoms with van der Waals surface area (Å²) in [5.41, 5.74) is 8.66. The molecule has 188 valence electrons. The van der Waals surface area contributed by atoms with Gasteiger partial charge in [0.1, 0.15) is 0 Å². The molecule has 0 fully saturated rings. The summed E-state index contributed by atoms with van der Waals surface area (Å²) in [5, 5.41) is 1.32. The highest BCUT2D eigenvalue weighted by molar-refractivity contribution is 7.89. The van der Waals surface area contributed by atoms with Gasteiger partial charge in [-0.2, -0.15) is 0 Å². The van der Waals surface area contributed by atoms with Crippen LogP contribution in [0.1, 0.15) is 22.6 Å². The maximum Gasteiger partial charge on any atom is 0.174 e. The Kier molecular flexibility index (Phi) is 11.9. The predicted octanol–water partition coefficient (Wildman–Crippen LogP) is 3.19. The number of nitrogens with zero attached hydrogens (tertiary/aromatic N) is 1. The first-order valence-electron chi connectivity index (χ1n) is 11.3. The van der Waals surface area contributed by atoms with Crippen LogP contribution in [0.3, 0.4) is 0 Å². The van der Waals surface area contributed by atoms with Crippen LogP contribution in [-0.4, -0.2) is 75.8 Å². The van der Waals surface area contributed by atoms with E-state index in [4.69, 9.17) is 43.1 Å². The molecule has 2 aromatic rings. The van der Waals surface area contributed by atoms with E-state index in [-0.39, 0.29) is 5.92 Å². The molecule has 0 bridgehead atoms. The van der Waals surface area contributed by atoms with Crippen LogP contribution in [0.4, 0.5) is 0 Å². The number of benzene rings is 2. The monoisotopic (exact) mass is 529 g/mol. The number of halogens is 2. The van der Waals surface area contributed by atoms with Gasteiger partial charge in [0.25, 0.3) is 0 Å². The SMILES string of the molecule is CN1Cc2c(Cl)cc(Cl)cc2[C@H](c2cccc([S+]([O-])NCCOCCOCCOCCN)c2)C1. The molecule has 0 saturated carbocycles. The zero-order valence-electron chi connectivity index (χ0n) is 19.4. The molecule has 0 spiro atoms. The molecule has 1 aliphatic heterocycles. The molecule has 10 heteroatoms. The van der Waals surface area contributed by atoms with Gasteiger partial charge in [-0.15, -0.1) is 4.72 Å². The number of likely N-dealkylation sites (N-methyl/N-ethyl adjacent to an activating group) is 1. The molecule has 1 aliphatic rings. The lowest BCUT2D eigenvalue weighted by Crippen LogP contribution is -2.31. The van der Waals surface area contributed by atoms with E-state index in [1.165, 1.54) is 0 Å². The lowest BCUT2D eigenvalue weighted by Gasteiger charge is -2.33. The third-order valence-electron chi connectivity index (χ3n) is 5.45. The van der Waals surface area contributed by atoms with Gasteiger partial charge in [0.05, 0.1) is 57.5 Å². The van der Waals surface area contributed by atoms with Crippen molar-refractivity contribution in [3.63, 3.8) is 0 Å². The summed E-state index contributed by atoms with van der Waals surface area (Å²) < 4.78 is 32.0. The molecule has 0 amide bonds. The second-order valence-corrected chi connectivity index (χ2v) is 10.2. The summed E-state index contributed by atoms with van der Waals surface area (Å²) in [6.45, 7) is 5.58. The van der Waals surface area contributed by atoms with Crippen LogP contribution in [-0.2, 0) is 32.1 Å². The Morgan fingerprint density at radius 3 is 2.50 bits per heavy atom. The summed E-state index contributed by atoms with van der Waals surface area (Å²) in [6, 6.07) is 11.7. The van der Waals surface area contributed by atoms with E-state index in [0.29, 0.717) is 62.8 Å². The average molecular weight is 531 g/mol. The number of nitrogens with one attached hydrogen (secondary N) is 1. The van der Waals surface area contributed by atoms with E-state index < -0.39 is 11.4 Å². The largest absolute Gasteiger partial charge is 0.593 e. The van der Waals surface area contributed by atoms with Crippen molar-refractivity contribution in [2.24, 2.45) is 5.73 Å². The summed E-state index contributed by atoms with van der Waals surface area (Å²) in [5.74, 6) is 0.103. The number of rotatable bonds is 14. The van der Waals surface area contributed by atoms with Gasteiger partial charge in [-0.3, -0.25) is 0 Å². The van der Waals surface area contributed by atoms with Crippen molar-refractivity contribution in [2.75, 3.05) is 66.3 Å². The zero-order valence-corrected chi connectivity index (χ0v) is 21.8. The Labute approximate surface area is 215 Å². The van der Waals surface area contributed by atoms with E-state index >= 15 is 0 Å². The number of fused-ring (bicyclic) bond motifs is 1.